The molecule has 4 aromatic rings. The highest BCUT2D eigenvalue weighted by Crippen LogP contribution is 2.41. The number of nitrogens with one attached hydrogen (secondary N) is 1. The Bertz CT molecular complexity index is 1380. The van der Waals surface area contributed by atoms with Gasteiger partial charge in [-0.15, -0.1) is 5.10 Å². The fraction of sp³-hybridized carbons (Fsp3) is 0.500. The highest BCUT2D eigenvalue weighted by Gasteiger charge is 2.34. The number of nitrogens with zero attached hydrogens (tertiary/aromatic N) is 6. The summed E-state index contributed by atoms with van der Waals surface area (Å²) in [6, 6.07) is 10.4. The van der Waals surface area contributed by atoms with Crippen LogP contribution < -0.4 is 5.69 Å². The van der Waals surface area contributed by atoms with Gasteiger partial charge in [0, 0.05) is 35.9 Å². The quantitative estimate of drug-likeness (QED) is 0.278. The summed E-state index contributed by atoms with van der Waals surface area (Å²) < 4.78 is 4.11. The van der Waals surface area contributed by atoms with E-state index in [4.69, 9.17) is 0 Å². The van der Waals surface area contributed by atoms with Crippen LogP contribution in [0, 0.1) is 11.8 Å². The lowest BCUT2D eigenvalue weighted by Gasteiger charge is -2.38. The van der Waals surface area contributed by atoms with Gasteiger partial charge in [0.25, 0.3) is 0 Å². The average Bonchev–Trinajstić information content (AvgIpc) is 3.60. The molecule has 8 heteroatoms. The zero-order chi connectivity index (χ0) is 26.5. The fourth-order valence-corrected chi connectivity index (χ4v) is 6.39. The molecule has 1 aliphatic rings. The number of hydrogen-bond acceptors (Lipinski definition) is 5. The van der Waals surface area contributed by atoms with Crippen LogP contribution in [0.25, 0.3) is 22.5 Å². The van der Waals surface area contributed by atoms with E-state index in [-0.39, 0.29) is 11.7 Å². The van der Waals surface area contributed by atoms with Gasteiger partial charge in [0.1, 0.15) is 0 Å². The second-order valence-electron chi connectivity index (χ2n) is 10.6. The molecule has 3 aromatic heterocycles. The van der Waals surface area contributed by atoms with Crippen LogP contribution in [-0.4, -0.2) is 34.7 Å². The highest BCUT2D eigenvalue weighted by atomic mass is 16.1. The van der Waals surface area contributed by atoms with E-state index in [1.54, 1.807) is 6.20 Å². The smallest absolute Gasteiger partial charge is 0.295 e. The number of aromatic nitrogens is 7. The molecule has 8 nitrogen and oxygen atoms in total. The van der Waals surface area contributed by atoms with E-state index in [9.17, 15) is 4.79 Å². The number of unbranched alkanes of at least 4 members (excludes halogenated alkanes) is 1. The van der Waals surface area contributed by atoms with E-state index in [1.165, 1.54) is 19.3 Å². The molecule has 38 heavy (non-hydrogen) atoms. The van der Waals surface area contributed by atoms with Crippen molar-refractivity contribution >= 4 is 0 Å². The van der Waals surface area contributed by atoms with E-state index in [0.717, 1.165) is 60.1 Å². The van der Waals surface area contributed by atoms with Gasteiger partial charge >= 0.3 is 5.69 Å². The minimum atomic E-state index is 0.113. The summed E-state index contributed by atoms with van der Waals surface area (Å²) in [4.78, 5) is 18.6. The van der Waals surface area contributed by atoms with Gasteiger partial charge in [-0.25, -0.2) is 9.89 Å². The van der Waals surface area contributed by atoms with Crippen LogP contribution in [0.3, 0.4) is 0 Å². The lowest BCUT2D eigenvalue weighted by Crippen LogP contribution is -2.37. The van der Waals surface area contributed by atoms with Crippen molar-refractivity contribution in [3.05, 3.63) is 70.7 Å². The van der Waals surface area contributed by atoms with Crippen LogP contribution in [0.5, 0.6) is 0 Å². The minimum absolute atomic E-state index is 0.113. The van der Waals surface area contributed by atoms with Crippen LogP contribution in [0.1, 0.15) is 83.0 Å². The van der Waals surface area contributed by atoms with Crippen molar-refractivity contribution in [2.75, 3.05) is 0 Å². The normalized spacial score (nSPS) is 19.6. The maximum absolute atomic E-state index is 14.2. The van der Waals surface area contributed by atoms with Gasteiger partial charge in [0.2, 0.25) is 0 Å². The molecule has 0 bridgehead atoms. The Balaban J connectivity index is 1.58. The first-order valence-corrected chi connectivity index (χ1v) is 14.2. The van der Waals surface area contributed by atoms with E-state index < -0.39 is 0 Å². The van der Waals surface area contributed by atoms with E-state index in [2.05, 4.69) is 63.2 Å². The largest absolute Gasteiger partial charge is 0.328 e. The number of pyridine rings is 1. The first kappa shape index (κ1) is 26.1. The fourth-order valence-electron chi connectivity index (χ4n) is 6.39. The topological polar surface area (TPSA) is 94.3 Å². The summed E-state index contributed by atoms with van der Waals surface area (Å²) in [5.41, 5.74) is 5.20. The molecule has 0 radical (unpaired) electrons. The summed E-state index contributed by atoms with van der Waals surface area (Å²) in [7, 11) is 0. The van der Waals surface area contributed by atoms with Crippen molar-refractivity contribution in [2.45, 2.75) is 84.7 Å². The maximum atomic E-state index is 14.2. The zero-order valence-corrected chi connectivity index (χ0v) is 22.8. The minimum Gasteiger partial charge on any atom is -0.295 e. The molecule has 0 saturated heterocycles. The third-order valence-corrected chi connectivity index (χ3v) is 8.41. The first-order chi connectivity index (χ1) is 18.7. The monoisotopic (exact) mass is 513 g/mol. The molecule has 0 aliphatic heterocycles. The number of tetrazole rings is 1. The van der Waals surface area contributed by atoms with E-state index in [1.807, 2.05) is 35.0 Å². The molecule has 0 amide bonds. The molecule has 2 unspecified atom stereocenters. The number of hydrogen-bond donors (Lipinski definition) is 1. The van der Waals surface area contributed by atoms with Gasteiger partial charge < -0.3 is 0 Å². The number of rotatable bonds is 10. The Morgan fingerprint density at radius 2 is 1.76 bits per heavy atom. The third kappa shape index (κ3) is 5.08. The highest BCUT2D eigenvalue weighted by molar-refractivity contribution is 5.81. The zero-order valence-electron chi connectivity index (χ0n) is 22.8. The average molecular weight is 514 g/mol. The summed E-state index contributed by atoms with van der Waals surface area (Å²) in [6.45, 7) is 7.24. The number of benzene rings is 1. The third-order valence-electron chi connectivity index (χ3n) is 8.41. The molecule has 5 rings (SSSR count). The van der Waals surface area contributed by atoms with Gasteiger partial charge in [-0.1, -0.05) is 70.7 Å². The molecule has 1 aliphatic carbocycles. The van der Waals surface area contributed by atoms with Gasteiger partial charge in [-0.3, -0.25) is 14.1 Å². The molecule has 3 heterocycles. The summed E-state index contributed by atoms with van der Waals surface area (Å²) in [5, 5.41) is 14.6. The van der Waals surface area contributed by atoms with Gasteiger partial charge in [0.15, 0.2) is 5.82 Å². The van der Waals surface area contributed by atoms with Gasteiger partial charge in [-0.2, -0.15) is 0 Å². The van der Waals surface area contributed by atoms with E-state index >= 15 is 0 Å². The van der Waals surface area contributed by atoms with Crippen molar-refractivity contribution < 1.29 is 0 Å². The number of aromatic amines is 1. The van der Waals surface area contributed by atoms with Crippen molar-refractivity contribution in [3.63, 3.8) is 0 Å². The lowest BCUT2D eigenvalue weighted by atomic mass is 9.74. The Morgan fingerprint density at radius 1 is 1.00 bits per heavy atom. The predicted molar refractivity (Wildman–Crippen MR) is 150 cm³/mol. The number of H-pyrrole nitrogens is 1. The SMILES string of the molecule is CCCCc1cn(C2C(CC)CCCC2CC)c(=O)n1Cc1cnccc1-c1ccccc1-c1nnn[nH]1. The summed E-state index contributed by atoms with van der Waals surface area (Å²) >= 11 is 0. The maximum Gasteiger partial charge on any atom is 0.328 e. The van der Waals surface area contributed by atoms with Gasteiger partial charge in [-0.05, 0) is 70.7 Å². The molecular formula is C30H39N7O. The van der Waals surface area contributed by atoms with Crippen molar-refractivity contribution in [2.24, 2.45) is 11.8 Å². The molecule has 1 aromatic carbocycles. The Hall–Kier alpha value is -3.55. The van der Waals surface area contributed by atoms with Crippen molar-refractivity contribution in [1.82, 2.24) is 34.7 Å². The van der Waals surface area contributed by atoms with Crippen LogP contribution in [0.2, 0.25) is 0 Å². The summed E-state index contributed by atoms with van der Waals surface area (Å²) in [5.74, 6) is 1.72. The van der Waals surface area contributed by atoms with E-state index in [0.29, 0.717) is 24.2 Å². The van der Waals surface area contributed by atoms with Crippen molar-refractivity contribution in [3.8, 4) is 22.5 Å². The standard InChI is InChI=1S/C30H39N7O/c1-4-7-13-24-20-37(28-21(5-2)11-10-12-22(28)6-3)30(38)36(24)19-23-18-31-17-16-25(23)26-14-8-9-15-27(26)29-32-34-35-33-29/h8-9,14-18,20-22,28H,4-7,10-13,19H2,1-3H3,(H,32,33,34,35). The second-order valence-corrected chi connectivity index (χ2v) is 10.6. The molecule has 200 valence electrons. The number of aryl methyl sites for hydroxylation is 1. The Morgan fingerprint density at radius 3 is 2.45 bits per heavy atom. The van der Waals surface area contributed by atoms with Crippen LogP contribution in [0.4, 0.5) is 0 Å². The molecular weight excluding hydrogens is 474 g/mol. The molecule has 2 atom stereocenters. The Labute approximate surface area is 224 Å². The molecule has 1 N–H and O–H groups in total. The first-order valence-electron chi connectivity index (χ1n) is 14.2. The van der Waals surface area contributed by atoms with Crippen molar-refractivity contribution in [1.29, 1.82) is 0 Å². The lowest BCUT2D eigenvalue weighted by molar-refractivity contribution is 0.145. The number of imidazole rings is 1. The summed E-state index contributed by atoms with van der Waals surface area (Å²) in [6.07, 6.45) is 14.8. The van der Waals surface area contributed by atoms with Crippen LogP contribution in [0.15, 0.2) is 53.7 Å². The molecule has 1 fully saturated rings. The second kappa shape index (κ2) is 11.9. The predicted octanol–water partition coefficient (Wildman–Crippen LogP) is 6.06. The van der Waals surface area contributed by atoms with Crippen LogP contribution in [-0.2, 0) is 13.0 Å². The molecule has 0 spiro atoms. The Kier molecular flexibility index (Phi) is 8.15. The van der Waals surface area contributed by atoms with Crippen LogP contribution >= 0.6 is 0 Å². The van der Waals surface area contributed by atoms with Gasteiger partial charge in [0.05, 0.1) is 6.54 Å². The molecule has 1 saturated carbocycles.